The van der Waals surface area contributed by atoms with Crippen LogP contribution >= 0.6 is 0 Å². The monoisotopic (exact) mass is 326 g/mol. The predicted molar refractivity (Wildman–Crippen MR) is 85.4 cm³/mol. The molecule has 1 aliphatic rings. The second-order valence-corrected chi connectivity index (χ2v) is 4.88. The summed E-state index contributed by atoms with van der Waals surface area (Å²) in [6.07, 6.45) is 1.48. The number of hydrogen-bond acceptors (Lipinski definition) is 6. The smallest absolute Gasteiger partial charge is 0.337 e. The Morgan fingerprint density at radius 2 is 1.79 bits per heavy atom. The van der Waals surface area contributed by atoms with Crippen LogP contribution in [0.15, 0.2) is 47.6 Å². The van der Waals surface area contributed by atoms with Crippen molar-refractivity contribution in [2.45, 2.75) is 0 Å². The number of nitrogens with one attached hydrogen (secondary N) is 1. The fraction of sp³-hybridized carbons (Fsp3) is 0.118. The van der Waals surface area contributed by atoms with Crippen LogP contribution in [0.25, 0.3) is 0 Å². The Morgan fingerprint density at radius 3 is 2.54 bits per heavy atom. The van der Waals surface area contributed by atoms with Crippen molar-refractivity contribution in [1.82, 2.24) is 5.43 Å². The van der Waals surface area contributed by atoms with Crippen LogP contribution in [-0.4, -0.2) is 32.0 Å². The molecule has 0 atom stereocenters. The minimum Gasteiger partial charge on any atom is -0.465 e. The molecule has 1 N–H and O–H groups in total. The lowest BCUT2D eigenvalue weighted by Crippen LogP contribution is -2.17. The topological polar surface area (TPSA) is 86.2 Å². The second kappa shape index (κ2) is 6.82. The van der Waals surface area contributed by atoms with Gasteiger partial charge in [0.05, 0.1) is 18.9 Å². The fourth-order valence-corrected chi connectivity index (χ4v) is 2.09. The maximum atomic E-state index is 12.0. The number of benzene rings is 2. The van der Waals surface area contributed by atoms with Gasteiger partial charge in [0.15, 0.2) is 11.5 Å². The van der Waals surface area contributed by atoms with Gasteiger partial charge in [-0.15, -0.1) is 0 Å². The molecule has 0 fully saturated rings. The summed E-state index contributed by atoms with van der Waals surface area (Å²) >= 11 is 0. The van der Waals surface area contributed by atoms with E-state index >= 15 is 0 Å². The molecule has 7 nitrogen and oxygen atoms in total. The minimum absolute atomic E-state index is 0.153. The molecule has 0 aromatic heterocycles. The predicted octanol–water partition coefficient (Wildman–Crippen LogP) is 1.97. The van der Waals surface area contributed by atoms with Crippen LogP contribution in [-0.2, 0) is 4.74 Å². The average molecular weight is 326 g/mol. The average Bonchev–Trinajstić information content (AvgIpc) is 3.09. The van der Waals surface area contributed by atoms with E-state index in [1.54, 1.807) is 42.5 Å². The number of carbonyl (C=O) groups is 2. The second-order valence-electron chi connectivity index (χ2n) is 4.88. The van der Waals surface area contributed by atoms with E-state index < -0.39 is 5.97 Å². The molecule has 2 aromatic carbocycles. The summed E-state index contributed by atoms with van der Waals surface area (Å²) in [5.74, 6) is 0.371. The number of methoxy groups -OCH3 is 1. The molecule has 1 amide bonds. The summed E-state index contributed by atoms with van der Waals surface area (Å²) in [4.78, 5) is 23.4. The number of carbonyl (C=O) groups excluding carboxylic acids is 2. The SMILES string of the molecule is COC(=O)c1ccc(/C=N\NC(=O)c2ccc3c(c2)OCO3)cc1. The van der Waals surface area contributed by atoms with Gasteiger partial charge in [-0.05, 0) is 35.9 Å². The Balaban J connectivity index is 1.61. The standard InChI is InChI=1S/C17H14N2O5/c1-22-17(21)12-4-2-11(3-5-12)9-18-19-16(20)13-6-7-14-15(8-13)24-10-23-14/h2-9H,10H2,1H3,(H,19,20)/b18-9-. The Labute approximate surface area is 137 Å². The number of hydrogen-bond donors (Lipinski definition) is 1. The Bertz CT molecular complexity index is 799. The van der Waals surface area contributed by atoms with Crippen molar-refractivity contribution >= 4 is 18.1 Å². The number of nitrogens with zero attached hydrogens (tertiary/aromatic N) is 1. The molecule has 0 bridgehead atoms. The summed E-state index contributed by atoms with van der Waals surface area (Å²) < 4.78 is 15.0. The number of esters is 1. The van der Waals surface area contributed by atoms with E-state index in [-0.39, 0.29) is 12.7 Å². The van der Waals surface area contributed by atoms with Crippen molar-refractivity contribution in [3.63, 3.8) is 0 Å². The molecular weight excluding hydrogens is 312 g/mol. The molecule has 7 heteroatoms. The normalized spacial score (nSPS) is 12.2. The van der Waals surface area contributed by atoms with E-state index in [2.05, 4.69) is 15.3 Å². The van der Waals surface area contributed by atoms with Crippen LogP contribution in [0.3, 0.4) is 0 Å². The summed E-state index contributed by atoms with van der Waals surface area (Å²) in [6.45, 7) is 0.153. The Hall–Kier alpha value is -3.35. The van der Waals surface area contributed by atoms with Crippen molar-refractivity contribution in [3.05, 3.63) is 59.2 Å². The highest BCUT2D eigenvalue weighted by Crippen LogP contribution is 2.32. The van der Waals surface area contributed by atoms with Crippen LogP contribution < -0.4 is 14.9 Å². The molecule has 0 saturated carbocycles. The van der Waals surface area contributed by atoms with Crippen LogP contribution in [0.1, 0.15) is 26.3 Å². The summed E-state index contributed by atoms with van der Waals surface area (Å²) in [5.41, 5.74) is 4.02. The van der Waals surface area contributed by atoms with E-state index in [1.807, 2.05) is 0 Å². The number of amides is 1. The lowest BCUT2D eigenvalue weighted by atomic mass is 10.1. The van der Waals surface area contributed by atoms with Gasteiger partial charge in [0, 0.05) is 5.56 Å². The molecule has 1 aliphatic heterocycles. The lowest BCUT2D eigenvalue weighted by molar-refractivity contribution is 0.0600. The number of rotatable bonds is 4. The van der Waals surface area contributed by atoms with Crippen molar-refractivity contribution in [1.29, 1.82) is 0 Å². The first-order valence-electron chi connectivity index (χ1n) is 7.09. The zero-order valence-electron chi connectivity index (χ0n) is 12.8. The van der Waals surface area contributed by atoms with E-state index in [9.17, 15) is 9.59 Å². The molecule has 24 heavy (non-hydrogen) atoms. The zero-order chi connectivity index (χ0) is 16.9. The van der Waals surface area contributed by atoms with Gasteiger partial charge in [0.2, 0.25) is 6.79 Å². The number of fused-ring (bicyclic) bond motifs is 1. The third-order valence-electron chi connectivity index (χ3n) is 3.35. The first kappa shape index (κ1) is 15.5. The Kier molecular flexibility index (Phi) is 4.42. The van der Waals surface area contributed by atoms with Crippen LogP contribution in [0.4, 0.5) is 0 Å². The van der Waals surface area contributed by atoms with Gasteiger partial charge in [-0.3, -0.25) is 4.79 Å². The molecule has 0 radical (unpaired) electrons. The quantitative estimate of drug-likeness (QED) is 0.527. The first-order valence-corrected chi connectivity index (χ1v) is 7.09. The molecule has 0 saturated heterocycles. The first-order chi connectivity index (χ1) is 11.7. The van der Waals surface area contributed by atoms with Crippen LogP contribution in [0, 0.1) is 0 Å². The number of hydrazone groups is 1. The van der Waals surface area contributed by atoms with E-state index in [4.69, 9.17) is 9.47 Å². The molecule has 0 unspecified atom stereocenters. The van der Waals surface area contributed by atoms with Crippen molar-refractivity contribution < 1.29 is 23.8 Å². The zero-order valence-corrected chi connectivity index (χ0v) is 12.8. The van der Waals surface area contributed by atoms with Gasteiger partial charge in [0.25, 0.3) is 5.91 Å². The molecular formula is C17H14N2O5. The third kappa shape index (κ3) is 3.35. The lowest BCUT2D eigenvalue weighted by Gasteiger charge is -2.02. The highest BCUT2D eigenvalue weighted by atomic mass is 16.7. The van der Waals surface area contributed by atoms with Gasteiger partial charge in [-0.1, -0.05) is 12.1 Å². The highest BCUT2D eigenvalue weighted by molar-refractivity contribution is 5.95. The van der Waals surface area contributed by atoms with Crippen LogP contribution in [0.5, 0.6) is 11.5 Å². The molecule has 3 rings (SSSR count). The number of ether oxygens (including phenoxy) is 3. The van der Waals surface area contributed by atoms with Crippen LogP contribution in [0.2, 0.25) is 0 Å². The summed E-state index contributed by atoms with van der Waals surface area (Å²) in [7, 11) is 1.32. The van der Waals surface area contributed by atoms with Crippen molar-refractivity contribution in [2.75, 3.05) is 13.9 Å². The van der Waals surface area contributed by atoms with E-state index in [0.717, 1.165) is 5.56 Å². The van der Waals surface area contributed by atoms with E-state index in [1.165, 1.54) is 13.3 Å². The maximum absolute atomic E-state index is 12.0. The maximum Gasteiger partial charge on any atom is 0.337 e. The summed E-state index contributed by atoms with van der Waals surface area (Å²) in [6, 6.07) is 11.5. The van der Waals surface area contributed by atoms with Gasteiger partial charge in [-0.2, -0.15) is 5.10 Å². The molecule has 2 aromatic rings. The molecule has 122 valence electrons. The highest BCUT2D eigenvalue weighted by Gasteiger charge is 2.15. The minimum atomic E-state index is -0.408. The largest absolute Gasteiger partial charge is 0.465 e. The summed E-state index contributed by atoms with van der Waals surface area (Å²) in [5, 5.41) is 3.89. The molecule has 0 aliphatic carbocycles. The molecule has 0 spiro atoms. The third-order valence-corrected chi connectivity index (χ3v) is 3.35. The van der Waals surface area contributed by atoms with E-state index in [0.29, 0.717) is 22.6 Å². The molecule has 1 heterocycles. The van der Waals surface area contributed by atoms with Gasteiger partial charge >= 0.3 is 5.97 Å². The van der Waals surface area contributed by atoms with Gasteiger partial charge in [0.1, 0.15) is 0 Å². The van der Waals surface area contributed by atoms with Gasteiger partial charge in [-0.25, -0.2) is 10.2 Å². The van der Waals surface area contributed by atoms with Crippen molar-refractivity contribution in [3.8, 4) is 11.5 Å². The Morgan fingerprint density at radius 1 is 1.08 bits per heavy atom. The van der Waals surface area contributed by atoms with Crippen molar-refractivity contribution in [2.24, 2.45) is 5.10 Å². The van der Waals surface area contributed by atoms with Gasteiger partial charge < -0.3 is 14.2 Å². The fourth-order valence-electron chi connectivity index (χ4n) is 2.09.